The van der Waals surface area contributed by atoms with Crippen LogP contribution in [-0.4, -0.2) is 15.0 Å². The normalized spacial score (nSPS) is 23.5. The van der Waals surface area contributed by atoms with Gasteiger partial charge in [0.1, 0.15) is 10.6 Å². The Morgan fingerprint density at radius 3 is 2.33 bits per heavy atom. The van der Waals surface area contributed by atoms with Gasteiger partial charge in [0.2, 0.25) is 0 Å². The molecule has 0 saturated carbocycles. The molecule has 0 saturated heterocycles. The van der Waals surface area contributed by atoms with E-state index in [1.165, 1.54) is 31.2 Å². The van der Waals surface area contributed by atoms with Crippen LogP contribution >= 0.6 is 11.6 Å². The molecule has 2 aromatic carbocycles. The van der Waals surface area contributed by atoms with Crippen molar-refractivity contribution < 1.29 is 21.9 Å². The molecule has 1 aliphatic heterocycles. The van der Waals surface area contributed by atoms with Crippen molar-refractivity contribution in [1.29, 1.82) is 0 Å². The highest BCUT2D eigenvalue weighted by atomic mass is 35.5. The minimum absolute atomic E-state index is 0.00207. The molecule has 24 heavy (non-hydrogen) atoms. The van der Waals surface area contributed by atoms with E-state index in [0.717, 1.165) is 12.1 Å². The van der Waals surface area contributed by atoms with E-state index in [2.05, 4.69) is 0 Å². The molecule has 128 valence electrons. The first kappa shape index (κ1) is 17.2. The number of rotatable bonds is 2. The number of benzene rings is 2. The van der Waals surface area contributed by atoms with Gasteiger partial charge in [-0.3, -0.25) is 0 Å². The van der Waals surface area contributed by atoms with Crippen molar-refractivity contribution in [1.82, 2.24) is 0 Å². The summed E-state index contributed by atoms with van der Waals surface area (Å²) in [5.41, 5.74) is -0.267. The maximum Gasteiger partial charge on any atom is 0.188 e. The van der Waals surface area contributed by atoms with Gasteiger partial charge in [-0.05, 0) is 43.3 Å². The second-order valence-corrected chi connectivity index (χ2v) is 8.77. The zero-order valence-electron chi connectivity index (χ0n) is 13.0. The van der Waals surface area contributed by atoms with Crippen molar-refractivity contribution in [3.8, 4) is 5.75 Å². The fraction of sp³-hybridized carbons (Fsp3) is 0.294. The smallest absolute Gasteiger partial charge is 0.188 e. The van der Waals surface area contributed by atoms with Gasteiger partial charge in [0, 0.05) is 10.9 Å². The average Bonchev–Trinajstić information content (AvgIpc) is 2.54. The van der Waals surface area contributed by atoms with Crippen LogP contribution in [0.5, 0.6) is 5.75 Å². The van der Waals surface area contributed by atoms with E-state index in [-0.39, 0.29) is 22.8 Å². The molecule has 0 spiro atoms. The lowest BCUT2D eigenvalue weighted by Gasteiger charge is -2.40. The Morgan fingerprint density at radius 1 is 1.12 bits per heavy atom. The number of ether oxygens (including phenoxy) is 1. The molecule has 3 rings (SSSR count). The largest absolute Gasteiger partial charge is 0.490 e. The zero-order valence-corrected chi connectivity index (χ0v) is 14.6. The monoisotopic (exact) mass is 372 g/mol. The standard InChI is InChI=1S/C17H15ClF2O3S/c1-10-9-23-16-14(20)8-7-13(19)15(16)17(10,2)24(21,22)12-5-3-11(18)4-6-12/h3-8,10H,9H2,1-2H3. The Hall–Kier alpha value is -1.66. The highest BCUT2D eigenvalue weighted by Gasteiger charge is 2.52. The van der Waals surface area contributed by atoms with E-state index < -0.39 is 32.1 Å². The summed E-state index contributed by atoms with van der Waals surface area (Å²) < 4.78 is 58.7. The lowest BCUT2D eigenvalue weighted by molar-refractivity contribution is 0.179. The van der Waals surface area contributed by atoms with Crippen LogP contribution in [0.3, 0.4) is 0 Å². The van der Waals surface area contributed by atoms with E-state index >= 15 is 0 Å². The molecule has 1 aliphatic rings. The van der Waals surface area contributed by atoms with E-state index in [4.69, 9.17) is 16.3 Å². The first-order valence-corrected chi connectivity index (χ1v) is 9.17. The average molecular weight is 373 g/mol. The molecular formula is C17H15ClF2O3S. The van der Waals surface area contributed by atoms with Gasteiger partial charge >= 0.3 is 0 Å². The summed E-state index contributed by atoms with van der Waals surface area (Å²) in [6.45, 7) is 3.02. The Labute approximate surface area is 144 Å². The van der Waals surface area contributed by atoms with Gasteiger partial charge in [-0.1, -0.05) is 18.5 Å². The summed E-state index contributed by atoms with van der Waals surface area (Å²) in [7, 11) is -4.03. The third-order valence-electron chi connectivity index (χ3n) is 4.66. The third-order valence-corrected chi connectivity index (χ3v) is 7.52. The van der Waals surface area contributed by atoms with Crippen LogP contribution in [0.4, 0.5) is 8.78 Å². The maximum absolute atomic E-state index is 14.5. The highest BCUT2D eigenvalue weighted by molar-refractivity contribution is 7.92. The molecule has 3 nitrogen and oxygen atoms in total. The molecular weight excluding hydrogens is 358 g/mol. The second-order valence-electron chi connectivity index (χ2n) is 6.01. The summed E-state index contributed by atoms with van der Waals surface area (Å²) in [5, 5.41) is 0.386. The van der Waals surface area contributed by atoms with Crippen molar-refractivity contribution in [3.63, 3.8) is 0 Å². The number of halogens is 3. The van der Waals surface area contributed by atoms with Crippen LogP contribution in [-0.2, 0) is 14.6 Å². The summed E-state index contributed by atoms with van der Waals surface area (Å²) in [6, 6.07) is 7.48. The molecule has 0 radical (unpaired) electrons. The maximum atomic E-state index is 14.5. The van der Waals surface area contributed by atoms with Crippen LogP contribution < -0.4 is 4.74 Å². The van der Waals surface area contributed by atoms with Gasteiger partial charge in [-0.15, -0.1) is 0 Å². The molecule has 2 atom stereocenters. The molecule has 2 unspecified atom stereocenters. The molecule has 0 aromatic heterocycles. The van der Waals surface area contributed by atoms with Crippen molar-refractivity contribution in [3.05, 3.63) is 58.6 Å². The first-order valence-electron chi connectivity index (χ1n) is 7.31. The van der Waals surface area contributed by atoms with Gasteiger partial charge in [0.15, 0.2) is 21.4 Å². The molecule has 0 N–H and O–H groups in total. The van der Waals surface area contributed by atoms with Crippen LogP contribution in [0.25, 0.3) is 0 Å². The highest BCUT2D eigenvalue weighted by Crippen LogP contribution is 2.50. The van der Waals surface area contributed by atoms with Crippen molar-refractivity contribution in [2.45, 2.75) is 23.5 Å². The van der Waals surface area contributed by atoms with Gasteiger partial charge < -0.3 is 4.74 Å². The van der Waals surface area contributed by atoms with Gasteiger partial charge in [0.25, 0.3) is 0 Å². The summed E-state index contributed by atoms with van der Waals surface area (Å²) in [5.74, 6) is -2.51. The summed E-state index contributed by atoms with van der Waals surface area (Å²) in [4.78, 5) is -0.00207. The van der Waals surface area contributed by atoms with Gasteiger partial charge in [-0.2, -0.15) is 0 Å². The molecule has 2 aromatic rings. The van der Waals surface area contributed by atoms with E-state index in [9.17, 15) is 17.2 Å². The zero-order chi connectivity index (χ0) is 17.7. The third kappa shape index (κ3) is 2.31. The minimum Gasteiger partial charge on any atom is -0.490 e. The summed E-state index contributed by atoms with van der Waals surface area (Å²) >= 11 is 5.81. The van der Waals surface area contributed by atoms with Gasteiger partial charge in [-0.25, -0.2) is 17.2 Å². The summed E-state index contributed by atoms with van der Waals surface area (Å²) in [6.07, 6.45) is 0. The lowest BCUT2D eigenvalue weighted by atomic mass is 9.85. The molecule has 0 aliphatic carbocycles. The lowest BCUT2D eigenvalue weighted by Crippen LogP contribution is -2.45. The fourth-order valence-corrected chi connectivity index (χ4v) is 5.18. The minimum atomic E-state index is -4.03. The van der Waals surface area contributed by atoms with Crippen molar-refractivity contribution >= 4 is 21.4 Å². The second kappa shape index (κ2) is 5.70. The number of hydrogen-bond donors (Lipinski definition) is 0. The van der Waals surface area contributed by atoms with Crippen LogP contribution in [0.15, 0.2) is 41.3 Å². The quantitative estimate of drug-likeness (QED) is 0.787. The molecule has 0 amide bonds. The number of hydrogen-bond acceptors (Lipinski definition) is 3. The van der Waals surface area contributed by atoms with Gasteiger partial charge in [0.05, 0.1) is 17.1 Å². The van der Waals surface area contributed by atoms with Crippen molar-refractivity contribution in [2.75, 3.05) is 6.61 Å². The Morgan fingerprint density at radius 2 is 1.71 bits per heavy atom. The predicted molar refractivity (Wildman–Crippen MR) is 87.0 cm³/mol. The van der Waals surface area contributed by atoms with E-state index in [0.29, 0.717) is 5.02 Å². The SMILES string of the molecule is CC1COc2c(F)ccc(F)c2C1(C)S(=O)(=O)c1ccc(Cl)cc1. The van der Waals surface area contributed by atoms with Crippen molar-refractivity contribution in [2.24, 2.45) is 5.92 Å². The predicted octanol–water partition coefficient (Wildman–Crippen LogP) is 4.34. The molecule has 1 heterocycles. The Balaban J connectivity index is 2.30. The Kier molecular flexibility index (Phi) is 4.08. The molecule has 0 fully saturated rings. The fourth-order valence-electron chi connectivity index (χ4n) is 3.01. The van der Waals surface area contributed by atoms with Crippen LogP contribution in [0.2, 0.25) is 5.02 Å². The Bertz CT molecular complexity index is 897. The van der Waals surface area contributed by atoms with Crippen LogP contribution in [0.1, 0.15) is 19.4 Å². The number of fused-ring (bicyclic) bond motifs is 1. The van der Waals surface area contributed by atoms with E-state index in [1.54, 1.807) is 6.92 Å². The molecule has 0 bridgehead atoms. The van der Waals surface area contributed by atoms with Crippen LogP contribution in [0, 0.1) is 17.6 Å². The number of sulfone groups is 1. The topological polar surface area (TPSA) is 43.4 Å². The molecule has 7 heteroatoms. The van der Waals surface area contributed by atoms with E-state index in [1.807, 2.05) is 0 Å². The first-order chi connectivity index (χ1) is 11.2.